The van der Waals surface area contributed by atoms with Crippen LogP contribution in [-0.2, 0) is 34.5 Å². The Morgan fingerprint density at radius 2 is 1.62 bits per heavy atom. The Balaban J connectivity index is 0.897. The van der Waals surface area contributed by atoms with Crippen molar-refractivity contribution in [3.63, 3.8) is 0 Å². The molecule has 4 aliphatic rings. The highest BCUT2D eigenvalue weighted by Gasteiger charge is 2.29. The number of pyridine rings is 1. The predicted molar refractivity (Wildman–Crippen MR) is 198 cm³/mol. The van der Waals surface area contributed by atoms with Crippen molar-refractivity contribution in [2.45, 2.75) is 50.7 Å². The van der Waals surface area contributed by atoms with Gasteiger partial charge in [-0.25, -0.2) is 0 Å². The zero-order valence-electron chi connectivity index (χ0n) is 30.2. The van der Waals surface area contributed by atoms with Crippen LogP contribution in [0.15, 0.2) is 52.4 Å². The Morgan fingerprint density at radius 1 is 0.923 bits per heavy atom. The van der Waals surface area contributed by atoms with E-state index in [4.69, 9.17) is 9.47 Å². The van der Waals surface area contributed by atoms with E-state index in [1.54, 1.807) is 32.0 Å². The van der Waals surface area contributed by atoms with Crippen molar-refractivity contribution in [2.24, 2.45) is 12.0 Å². The summed E-state index contributed by atoms with van der Waals surface area (Å²) >= 11 is 0. The summed E-state index contributed by atoms with van der Waals surface area (Å²) < 4.78 is 13.4. The fourth-order valence-electron chi connectivity index (χ4n) is 7.85. The molecule has 0 aliphatic carbocycles. The number of aryl methyl sites for hydroxylation is 1. The summed E-state index contributed by atoms with van der Waals surface area (Å²) in [4.78, 5) is 60.5. The van der Waals surface area contributed by atoms with E-state index in [1.165, 1.54) is 5.56 Å². The lowest BCUT2D eigenvalue weighted by Crippen LogP contribution is -2.51. The molecule has 5 heterocycles. The monoisotopic (exact) mass is 709 g/mol. The summed E-state index contributed by atoms with van der Waals surface area (Å²) in [6, 6.07) is 11.9. The van der Waals surface area contributed by atoms with Crippen molar-refractivity contribution in [1.82, 2.24) is 24.6 Å². The standard InChI is InChI=1S/C39H47N7O6/c1-43-22-31(29-20-40-21-30(29)39(43)50)27-18-34(51-2)32(35(19-27)52-3)23-45-14-16-46(17-15-45)37(48)24-44-12-10-26(11-13-44)25-4-6-28(7-5-25)41-33-8-9-36(47)42-38(33)49/h4-7,18-20,22,26,33,41H,8-17,21,23-24H2,1-3H3,(H,42,47,49)/t33-/m1/s1. The third-order valence-electron chi connectivity index (χ3n) is 10.9. The summed E-state index contributed by atoms with van der Waals surface area (Å²) in [5.74, 6) is 1.55. The third-order valence-corrected chi connectivity index (χ3v) is 10.9. The first kappa shape index (κ1) is 35.4. The molecule has 13 heteroatoms. The van der Waals surface area contributed by atoms with Gasteiger partial charge in [-0.1, -0.05) is 12.1 Å². The van der Waals surface area contributed by atoms with Crippen molar-refractivity contribution in [1.29, 1.82) is 0 Å². The van der Waals surface area contributed by atoms with Crippen LogP contribution in [0.25, 0.3) is 11.1 Å². The van der Waals surface area contributed by atoms with Gasteiger partial charge < -0.3 is 24.3 Å². The van der Waals surface area contributed by atoms with Gasteiger partial charge in [-0.05, 0) is 73.7 Å². The first-order chi connectivity index (χ1) is 25.2. The van der Waals surface area contributed by atoms with Gasteiger partial charge >= 0.3 is 0 Å². The number of fused-ring (bicyclic) bond motifs is 1. The minimum atomic E-state index is -0.394. The molecule has 3 aromatic rings. The second kappa shape index (κ2) is 15.3. The summed E-state index contributed by atoms with van der Waals surface area (Å²) in [6.07, 6.45) is 6.44. The van der Waals surface area contributed by atoms with Crippen molar-refractivity contribution in [2.75, 3.05) is 65.3 Å². The number of likely N-dealkylation sites (tertiary alicyclic amines) is 1. The Labute approximate surface area is 303 Å². The van der Waals surface area contributed by atoms with E-state index in [-0.39, 0.29) is 23.3 Å². The lowest BCUT2D eigenvalue weighted by Gasteiger charge is -2.37. The number of hydrogen-bond donors (Lipinski definition) is 2. The average Bonchev–Trinajstić information content (AvgIpc) is 3.66. The zero-order valence-corrected chi connectivity index (χ0v) is 30.2. The SMILES string of the molecule is COc1cc(-c2cn(C)c(=O)c3c2C=NC3)cc(OC)c1CN1CCN(C(=O)CN2CCC(c3ccc(N[C@@H]4CCC(=O)NC4=O)cc3)CC2)CC1. The minimum Gasteiger partial charge on any atom is -0.496 e. The van der Waals surface area contributed by atoms with Crippen LogP contribution in [0.2, 0.25) is 0 Å². The molecule has 0 saturated carbocycles. The Hall–Kier alpha value is -5.01. The molecule has 3 amide bonds. The van der Waals surface area contributed by atoms with Crippen LogP contribution in [0.1, 0.15) is 53.9 Å². The number of piperazine rings is 1. The molecule has 2 N–H and O–H groups in total. The van der Waals surface area contributed by atoms with E-state index >= 15 is 0 Å². The molecule has 0 spiro atoms. The van der Waals surface area contributed by atoms with Crippen LogP contribution >= 0.6 is 0 Å². The molecule has 52 heavy (non-hydrogen) atoms. The van der Waals surface area contributed by atoms with Gasteiger partial charge in [0.1, 0.15) is 17.5 Å². The lowest BCUT2D eigenvalue weighted by atomic mass is 9.89. The number of imide groups is 1. The van der Waals surface area contributed by atoms with Gasteiger partial charge in [0.15, 0.2) is 0 Å². The number of aromatic nitrogens is 1. The molecule has 274 valence electrons. The van der Waals surface area contributed by atoms with Crippen LogP contribution in [0.5, 0.6) is 11.5 Å². The van der Waals surface area contributed by atoms with Crippen LogP contribution in [0.4, 0.5) is 5.69 Å². The summed E-state index contributed by atoms with van der Waals surface area (Å²) in [5, 5.41) is 5.63. The number of carbonyl (C=O) groups excluding carboxylic acids is 3. The van der Waals surface area contributed by atoms with Gasteiger partial charge in [0.2, 0.25) is 17.7 Å². The van der Waals surface area contributed by atoms with Crippen LogP contribution in [0.3, 0.4) is 0 Å². The molecule has 2 aromatic carbocycles. The van der Waals surface area contributed by atoms with E-state index in [1.807, 2.05) is 35.4 Å². The van der Waals surface area contributed by atoms with Crippen LogP contribution in [0, 0.1) is 0 Å². The molecule has 3 saturated heterocycles. The largest absolute Gasteiger partial charge is 0.496 e. The number of hydrogen-bond acceptors (Lipinski definition) is 10. The zero-order chi connectivity index (χ0) is 36.4. The van der Waals surface area contributed by atoms with Crippen LogP contribution in [-0.4, -0.2) is 109 Å². The van der Waals surface area contributed by atoms with E-state index in [2.05, 4.69) is 37.6 Å². The van der Waals surface area contributed by atoms with Gasteiger partial charge in [-0.2, -0.15) is 0 Å². The summed E-state index contributed by atoms with van der Waals surface area (Å²) in [6.45, 7) is 6.03. The quantitative estimate of drug-likeness (QED) is 0.305. The highest BCUT2D eigenvalue weighted by Crippen LogP contribution is 2.38. The number of amides is 3. The summed E-state index contributed by atoms with van der Waals surface area (Å²) in [5.41, 5.74) is 6.41. The molecule has 13 nitrogen and oxygen atoms in total. The summed E-state index contributed by atoms with van der Waals surface area (Å²) in [7, 11) is 5.08. The third kappa shape index (κ3) is 7.47. The van der Waals surface area contributed by atoms with Crippen molar-refractivity contribution < 1.29 is 23.9 Å². The minimum absolute atomic E-state index is 0.0312. The normalized spacial score (nSPS) is 19.8. The van der Waals surface area contributed by atoms with Gasteiger partial charge in [0, 0.05) is 81.0 Å². The molecule has 1 atom stereocenters. The number of aliphatic imine (C=N–C) groups is 1. The van der Waals surface area contributed by atoms with E-state index in [9.17, 15) is 19.2 Å². The smallest absolute Gasteiger partial charge is 0.256 e. The fraction of sp³-hybridized carbons (Fsp3) is 0.462. The maximum Gasteiger partial charge on any atom is 0.256 e. The second-order valence-electron chi connectivity index (χ2n) is 14.2. The lowest BCUT2D eigenvalue weighted by molar-refractivity contribution is -0.135. The molecule has 0 bridgehead atoms. The molecular formula is C39H47N7O6. The number of anilines is 1. The number of nitrogens with zero attached hydrogens (tertiary/aromatic N) is 5. The van der Waals surface area contributed by atoms with E-state index in [0.717, 1.165) is 67.0 Å². The molecular weight excluding hydrogens is 662 g/mol. The van der Waals surface area contributed by atoms with Crippen molar-refractivity contribution >= 4 is 29.6 Å². The van der Waals surface area contributed by atoms with Gasteiger partial charge in [0.25, 0.3) is 5.56 Å². The fourth-order valence-corrected chi connectivity index (χ4v) is 7.85. The maximum absolute atomic E-state index is 13.4. The van der Waals surface area contributed by atoms with Crippen molar-refractivity contribution in [3.8, 4) is 22.6 Å². The Morgan fingerprint density at radius 3 is 2.27 bits per heavy atom. The maximum atomic E-state index is 13.4. The first-order valence-electron chi connectivity index (χ1n) is 18.1. The van der Waals surface area contributed by atoms with Crippen LogP contribution < -0.4 is 25.7 Å². The number of benzene rings is 2. The Kier molecular flexibility index (Phi) is 10.4. The molecule has 3 fully saturated rings. The molecule has 0 radical (unpaired) electrons. The number of rotatable bonds is 10. The number of piperidine rings is 2. The van der Waals surface area contributed by atoms with Gasteiger partial charge in [-0.15, -0.1) is 0 Å². The highest BCUT2D eigenvalue weighted by molar-refractivity contribution is 6.01. The first-order valence-corrected chi connectivity index (χ1v) is 18.1. The molecule has 7 rings (SSSR count). The number of ether oxygens (including phenoxy) is 2. The second-order valence-corrected chi connectivity index (χ2v) is 14.2. The topological polar surface area (TPSA) is 138 Å². The van der Waals surface area contributed by atoms with Gasteiger partial charge in [0.05, 0.1) is 32.9 Å². The van der Waals surface area contributed by atoms with E-state index in [0.29, 0.717) is 68.5 Å². The molecule has 1 aromatic heterocycles. The Bertz CT molecular complexity index is 1900. The van der Waals surface area contributed by atoms with Crippen molar-refractivity contribution in [3.05, 3.63) is 75.2 Å². The highest BCUT2D eigenvalue weighted by atomic mass is 16.5. The number of nitrogens with one attached hydrogen (secondary N) is 2. The van der Waals surface area contributed by atoms with Gasteiger partial charge in [-0.3, -0.25) is 39.3 Å². The molecule has 0 unspecified atom stereocenters. The molecule has 4 aliphatic heterocycles. The number of carbonyl (C=O) groups is 3. The number of methoxy groups -OCH3 is 2. The predicted octanol–water partition coefficient (Wildman–Crippen LogP) is 2.74. The average molecular weight is 710 g/mol. The van der Waals surface area contributed by atoms with E-state index < -0.39 is 6.04 Å².